The maximum atomic E-state index is 11.5. The molecule has 0 unspecified atom stereocenters. The Hall–Kier alpha value is -2.86. The summed E-state index contributed by atoms with van der Waals surface area (Å²) in [5.74, 6) is 1.95. The van der Waals surface area contributed by atoms with E-state index in [4.69, 9.17) is 14.5 Å². The molecule has 2 aromatic carbocycles. The molecule has 1 N–H and O–H groups in total. The number of nitrogens with one attached hydrogen (secondary N) is 1. The number of aromatic nitrogens is 2. The molecule has 0 aliphatic rings. The molecular weight excluding hydrogens is 390 g/mol. The van der Waals surface area contributed by atoms with Gasteiger partial charge in [-0.25, -0.2) is 4.98 Å². The highest BCUT2D eigenvalue weighted by Gasteiger charge is 2.10. The summed E-state index contributed by atoms with van der Waals surface area (Å²) in [4.78, 5) is 16.4. The van der Waals surface area contributed by atoms with Crippen LogP contribution >= 0.6 is 0 Å². The third-order valence-corrected chi connectivity index (χ3v) is 5.27. The molecule has 166 valence electrons. The van der Waals surface area contributed by atoms with Gasteiger partial charge in [0.25, 0.3) is 0 Å². The van der Waals surface area contributed by atoms with Crippen molar-refractivity contribution in [1.29, 1.82) is 0 Å². The predicted molar refractivity (Wildman–Crippen MR) is 124 cm³/mol. The summed E-state index contributed by atoms with van der Waals surface area (Å²) in [6.45, 7) is 6.51. The number of ether oxygens (including phenoxy) is 2. The molecule has 1 aromatic heterocycles. The Kier molecular flexibility index (Phi) is 8.47. The van der Waals surface area contributed by atoms with E-state index in [-0.39, 0.29) is 12.5 Å². The van der Waals surface area contributed by atoms with E-state index < -0.39 is 0 Å². The molecule has 1 heterocycles. The maximum Gasteiger partial charge on any atom is 0.245 e. The molecule has 6 heteroatoms. The molecule has 31 heavy (non-hydrogen) atoms. The molecule has 0 aliphatic carbocycles. The van der Waals surface area contributed by atoms with E-state index in [9.17, 15) is 4.79 Å². The van der Waals surface area contributed by atoms with E-state index in [1.165, 1.54) is 18.2 Å². The van der Waals surface area contributed by atoms with Gasteiger partial charge in [0.15, 0.2) is 0 Å². The van der Waals surface area contributed by atoms with Crippen LogP contribution in [0.4, 0.5) is 0 Å². The molecule has 3 aromatic rings. The number of hydrogen-bond acceptors (Lipinski definition) is 4. The van der Waals surface area contributed by atoms with Gasteiger partial charge in [0, 0.05) is 26.6 Å². The lowest BCUT2D eigenvalue weighted by Crippen LogP contribution is -2.28. The lowest BCUT2D eigenvalue weighted by atomic mass is 10.1. The number of benzene rings is 2. The van der Waals surface area contributed by atoms with Crippen molar-refractivity contribution in [2.75, 3.05) is 26.9 Å². The van der Waals surface area contributed by atoms with Crippen molar-refractivity contribution in [2.45, 2.75) is 46.1 Å². The fourth-order valence-electron chi connectivity index (χ4n) is 3.74. The maximum absolute atomic E-state index is 11.5. The second-order valence-corrected chi connectivity index (χ2v) is 7.88. The van der Waals surface area contributed by atoms with Crippen molar-refractivity contribution in [1.82, 2.24) is 14.9 Å². The number of hydrogen-bond donors (Lipinski definition) is 1. The first-order valence-corrected chi connectivity index (χ1v) is 11.0. The molecule has 0 fully saturated rings. The molecule has 0 radical (unpaired) electrons. The molecular formula is C25H33N3O3. The fraction of sp³-hybridized carbons (Fsp3) is 0.440. The number of para-hydroxylation sites is 2. The van der Waals surface area contributed by atoms with Crippen LogP contribution in [0.1, 0.15) is 36.2 Å². The van der Waals surface area contributed by atoms with Crippen LogP contribution in [-0.2, 0) is 22.5 Å². The first-order valence-electron chi connectivity index (χ1n) is 11.0. The summed E-state index contributed by atoms with van der Waals surface area (Å²) < 4.78 is 13.1. The monoisotopic (exact) mass is 423 g/mol. The predicted octanol–water partition coefficient (Wildman–Crippen LogP) is 4.21. The minimum absolute atomic E-state index is 0.0835. The topological polar surface area (TPSA) is 65.4 Å². The van der Waals surface area contributed by atoms with Gasteiger partial charge in [-0.2, -0.15) is 0 Å². The Balaban J connectivity index is 1.52. The Morgan fingerprint density at radius 3 is 2.74 bits per heavy atom. The molecule has 3 rings (SSSR count). The lowest BCUT2D eigenvalue weighted by molar-refractivity contribution is -0.124. The zero-order valence-corrected chi connectivity index (χ0v) is 18.8. The number of fused-ring (bicyclic) bond motifs is 1. The van der Waals surface area contributed by atoms with Gasteiger partial charge in [-0.3, -0.25) is 4.79 Å². The van der Waals surface area contributed by atoms with Gasteiger partial charge >= 0.3 is 0 Å². The average molecular weight is 424 g/mol. The van der Waals surface area contributed by atoms with Crippen molar-refractivity contribution >= 4 is 16.9 Å². The van der Waals surface area contributed by atoms with E-state index in [0.717, 1.165) is 54.8 Å². The summed E-state index contributed by atoms with van der Waals surface area (Å²) in [5.41, 5.74) is 4.62. The van der Waals surface area contributed by atoms with Crippen LogP contribution in [0.15, 0.2) is 42.5 Å². The van der Waals surface area contributed by atoms with Crippen molar-refractivity contribution in [3.63, 3.8) is 0 Å². The first kappa shape index (κ1) is 22.8. The van der Waals surface area contributed by atoms with E-state index in [0.29, 0.717) is 13.2 Å². The second kappa shape index (κ2) is 11.5. The Morgan fingerprint density at radius 2 is 1.94 bits per heavy atom. The number of methoxy groups -OCH3 is 1. The molecule has 0 aliphatic heterocycles. The van der Waals surface area contributed by atoms with Crippen molar-refractivity contribution < 1.29 is 14.3 Å². The highest BCUT2D eigenvalue weighted by molar-refractivity contribution is 5.77. The van der Waals surface area contributed by atoms with E-state index >= 15 is 0 Å². The zero-order valence-electron chi connectivity index (χ0n) is 18.8. The normalized spacial score (nSPS) is 11.1. The number of carbonyl (C=O) groups excluding carboxylic acids is 1. The standard InChI is InChI=1S/C25H33N3O3/c1-19-12-13-23(20(2)17-19)31-16-7-6-15-28-22-10-5-4-9-21(22)27-24(28)11-8-14-26-25(29)18-30-3/h4-5,9-10,12-13,17H,6-8,11,14-16,18H2,1-3H3,(H,26,29). The Morgan fingerprint density at radius 1 is 1.10 bits per heavy atom. The first-order chi connectivity index (χ1) is 15.1. The number of aryl methyl sites for hydroxylation is 4. The fourth-order valence-corrected chi connectivity index (χ4v) is 3.74. The zero-order chi connectivity index (χ0) is 22.1. The van der Waals surface area contributed by atoms with Crippen LogP contribution in [-0.4, -0.2) is 42.3 Å². The highest BCUT2D eigenvalue weighted by Crippen LogP contribution is 2.20. The number of carbonyl (C=O) groups is 1. The van der Waals surface area contributed by atoms with Gasteiger partial charge in [-0.1, -0.05) is 29.8 Å². The number of nitrogens with zero attached hydrogens (tertiary/aromatic N) is 2. The van der Waals surface area contributed by atoms with E-state index in [1.54, 1.807) is 0 Å². The molecule has 0 saturated heterocycles. The molecule has 0 bridgehead atoms. The summed E-state index contributed by atoms with van der Waals surface area (Å²) in [6, 6.07) is 14.5. The van der Waals surface area contributed by atoms with Gasteiger partial charge in [0.05, 0.1) is 17.6 Å². The minimum Gasteiger partial charge on any atom is -0.493 e. The molecule has 0 spiro atoms. The van der Waals surface area contributed by atoms with Crippen molar-refractivity contribution in [3.05, 3.63) is 59.4 Å². The third-order valence-electron chi connectivity index (χ3n) is 5.27. The second-order valence-electron chi connectivity index (χ2n) is 7.88. The van der Waals surface area contributed by atoms with Crippen LogP contribution < -0.4 is 10.1 Å². The smallest absolute Gasteiger partial charge is 0.245 e. The van der Waals surface area contributed by atoms with Gasteiger partial charge in [-0.15, -0.1) is 0 Å². The van der Waals surface area contributed by atoms with Crippen LogP contribution in [0.25, 0.3) is 11.0 Å². The number of imidazole rings is 1. The van der Waals surface area contributed by atoms with Gasteiger partial charge < -0.3 is 19.4 Å². The highest BCUT2D eigenvalue weighted by atomic mass is 16.5. The molecule has 6 nitrogen and oxygen atoms in total. The summed E-state index contributed by atoms with van der Waals surface area (Å²) in [6.07, 6.45) is 3.66. The van der Waals surface area contributed by atoms with Crippen LogP contribution in [0.2, 0.25) is 0 Å². The quantitative estimate of drug-likeness (QED) is 0.443. The molecule has 0 saturated carbocycles. The van der Waals surface area contributed by atoms with Gasteiger partial charge in [0.2, 0.25) is 5.91 Å². The Labute approximate surface area is 184 Å². The van der Waals surface area contributed by atoms with E-state index in [1.807, 2.05) is 6.07 Å². The lowest BCUT2D eigenvalue weighted by Gasteiger charge is -2.12. The molecule has 0 atom stereocenters. The summed E-state index contributed by atoms with van der Waals surface area (Å²) in [5, 5.41) is 2.87. The average Bonchev–Trinajstić information content (AvgIpc) is 3.10. The van der Waals surface area contributed by atoms with Crippen LogP contribution in [0.3, 0.4) is 0 Å². The van der Waals surface area contributed by atoms with Crippen molar-refractivity contribution in [2.24, 2.45) is 0 Å². The number of rotatable bonds is 12. The number of amides is 1. The summed E-state index contributed by atoms with van der Waals surface area (Å²) >= 11 is 0. The van der Waals surface area contributed by atoms with Crippen LogP contribution in [0.5, 0.6) is 5.75 Å². The third kappa shape index (κ3) is 6.56. The largest absolute Gasteiger partial charge is 0.493 e. The van der Waals surface area contributed by atoms with E-state index in [2.05, 4.69) is 60.1 Å². The SMILES string of the molecule is COCC(=O)NCCCc1nc2ccccc2n1CCCCOc1ccc(C)cc1C. The van der Waals surface area contributed by atoms with Gasteiger partial charge in [-0.05, 0) is 56.9 Å². The van der Waals surface area contributed by atoms with Crippen LogP contribution in [0, 0.1) is 13.8 Å². The van der Waals surface area contributed by atoms with Crippen molar-refractivity contribution in [3.8, 4) is 5.75 Å². The summed E-state index contributed by atoms with van der Waals surface area (Å²) in [7, 11) is 1.52. The molecule has 1 amide bonds. The van der Waals surface area contributed by atoms with Gasteiger partial charge in [0.1, 0.15) is 18.2 Å². The number of unbranched alkanes of at least 4 members (excludes halogenated alkanes) is 1. The minimum atomic E-state index is -0.0835. The Bertz CT molecular complexity index is 997.